The van der Waals surface area contributed by atoms with Gasteiger partial charge in [-0.3, -0.25) is 0 Å². The minimum Gasteiger partial charge on any atom is -0.316 e. The lowest BCUT2D eigenvalue weighted by atomic mass is 9.81. The van der Waals surface area contributed by atoms with Gasteiger partial charge in [0.15, 0.2) is 0 Å². The molecule has 2 atom stereocenters. The molecule has 0 bridgehead atoms. The van der Waals surface area contributed by atoms with Crippen molar-refractivity contribution in [2.24, 2.45) is 0 Å². The summed E-state index contributed by atoms with van der Waals surface area (Å²) in [6.07, 6.45) is 2.52. The van der Waals surface area contributed by atoms with E-state index in [2.05, 4.69) is 75.3 Å². The van der Waals surface area contributed by atoms with Crippen molar-refractivity contribution in [1.82, 2.24) is 10.2 Å². The molecule has 0 aliphatic rings. The Bertz CT molecular complexity index is 363. The summed E-state index contributed by atoms with van der Waals surface area (Å²) in [7, 11) is 2.26. The lowest BCUT2D eigenvalue weighted by Crippen LogP contribution is -2.46. The van der Waals surface area contributed by atoms with Crippen molar-refractivity contribution in [2.75, 3.05) is 26.7 Å². The van der Waals surface area contributed by atoms with E-state index >= 15 is 0 Å². The lowest BCUT2D eigenvalue weighted by molar-refractivity contribution is 0.192. The van der Waals surface area contributed by atoms with Gasteiger partial charge in [0.05, 0.1) is 0 Å². The Morgan fingerprint density at radius 2 is 1.85 bits per heavy atom. The highest BCUT2D eigenvalue weighted by Gasteiger charge is 2.28. The molecular weight excluding hydrogens is 244 g/mol. The van der Waals surface area contributed by atoms with Crippen LogP contribution in [0.3, 0.4) is 0 Å². The zero-order valence-corrected chi connectivity index (χ0v) is 13.9. The maximum absolute atomic E-state index is 3.54. The average molecular weight is 276 g/mol. The number of benzene rings is 1. The summed E-state index contributed by atoms with van der Waals surface area (Å²) in [5.74, 6) is 0. The van der Waals surface area contributed by atoms with Crippen LogP contribution in [0.25, 0.3) is 0 Å². The molecule has 0 fully saturated rings. The second-order valence-electron chi connectivity index (χ2n) is 6.26. The third kappa shape index (κ3) is 4.92. The fraction of sp³-hybridized carbons (Fsp3) is 0.667. The van der Waals surface area contributed by atoms with Gasteiger partial charge in [0, 0.05) is 24.5 Å². The number of hydrogen-bond donors (Lipinski definition) is 1. The molecule has 2 heteroatoms. The van der Waals surface area contributed by atoms with Crippen LogP contribution in [0.1, 0.15) is 46.1 Å². The third-order valence-electron chi connectivity index (χ3n) is 4.29. The van der Waals surface area contributed by atoms with E-state index in [9.17, 15) is 0 Å². The minimum atomic E-state index is 0.161. The van der Waals surface area contributed by atoms with Gasteiger partial charge in [-0.25, -0.2) is 0 Å². The van der Waals surface area contributed by atoms with Gasteiger partial charge in [-0.1, -0.05) is 57.5 Å². The van der Waals surface area contributed by atoms with Gasteiger partial charge in [0.25, 0.3) is 0 Å². The molecule has 0 saturated heterocycles. The molecule has 0 amide bonds. The van der Waals surface area contributed by atoms with Crippen molar-refractivity contribution in [3.63, 3.8) is 0 Å². The highest BCUT2D eigenvalue weighted by atomic mass is 15.1. The van der Waals surface area contributed by atoms with Gasteiger partial charge in [-0.05, 0) is 32.5 Å². The zero-order valence-electron chi connectivity index (χ0n) is 13.9. The SMILES string of the molecule is CCCC(C)N(C)CC(C)(CNCC)c1ccccc1. The van der Waals surface area contributed by atoms with Crippen molar-refractivity contribution in [1.29, 1.82) is 0 Å². The second-order valence-corrected chi connectivity index (χ2v) is 6.26. The molecule has 20 heavy (non-hydrogen) atoms. The molecule has 0 aliphatic heterocycles. The number of nitrogens with one attached hydrogen (secondary N) is 1. The molecule has 1 rings (SSSR count). The van der Waals surface area contributed by atoms with Gasteiger partial charge in [0.2, 0.25) is 0 Å². The first kappa shape index (κ1) is 17.2. The topological polar surface area (TPSA) is 15.3 Å². The summed E-state index contributed by atoms with van der Waals surface area (Å²) in [5, 5.41) is 3.54. The van der Waals surface area contributed by atoms with E-state index < -0.39 is 0 Å². The summed E-state index contributed by atoms with van der Waals surface area (Å²) in [5.41, 5.74) is 1.59. The van der Waals surface area contributed by atoms with E-state index in [1.54, 1.807) is 0 Å². The Balaban J connectivity index is 2.83. The van der Waals surface area contributed by atoms with Crippen LogP contribution in [0.4, 0.5) is 0 Å². The molecule has 0 spiro atoms. The van der Waals surface area contributed by atoms with Crippen molar-refractivity contribution >= 4 is 0 Å². The quantitative estimate of drug-likeness (QED) is 0.740. The number of hydrogen-bond acceptors (Lipinski definition) is 2. The molecule has 2 unspecified atom stereocenters. The summed E-state index contributed by atoms with van der Waals surface area (Å²) >= 11 is 0. The molecule has 1 N–H and O–H groups in total. The van der Waals surface area contributed by atoms with Crippen LogP contribution in [0.15, 0.2) is 30.3 Å². The lowest BCUT2D eigenvalue weighted by Gasteiger charge is -2.37. The summed E-state index contributed by atoms with van der Waals surface area (Å²) in [6, 6.07) is 11.6. The second kappa shape index (κ2) is 8.43. The fourth-order valence-electron chi connectivity index (χ4n) is 2.84. The van der Waals surface area contributed by atoms with Crippen LogP contribution in [0, 0.1) is 0 Å². The van der Waals surface area contributed by atoms with Crippen molar-refractivity contribution in [3.05, 3.63) is 35.9 Å². The van der Waals surface area contributed by atoms with E-state index in [1.807, 2.05) is 0 Å². The number of rotatable bonds is 9. The Hall–Kier alpha value is -0.860. The third-order valence-corrected chi connectivity index (χ3v) is 4.29. The van der Waals surface area contributed by atoms with Crippen LogP contribution >= 0.6 is 0 Å². The highest BCUT2D eigenvalue weighted by molar-refractivity contribution is 5.25. The monoisotopic (exact) mass is 276 g/mol. The molecule has 0 saturated carbocycles. The molecule has 1 aromatic rings. The molecule has 0 radical (unpaired) electrons. The first-order chi connectivity index (χ1) is 9.53. The number of nitrogens with zero attached hydrogens (tertiary/aromatic N) is 1. The Labute approximate surface area is 125 Å². The van der Waals surface area contributed by atoms with E-state index in [-0.39, 0.29) is 5.41 Å². The summed E-state index contributed by atoms with van der Waals surface area (Å²) < 4.78 is 0. The molecule has 2 nitrogen and oxygen atoms in total. The number of likely N-dealkylation sites (N-methyl/N-ethyl adjacent to an activating group) is 2. The van der Waals surface area contributed by atoms with Crippen molar-refractivity contribution in [2.45, 2.75) is 52.0 Å². The fourth-order valence-corrected chi connectivity index (χ4v) is 2.84. The van der Waals surface area contributed by atoms with Gasteiger partial charge < -0.3 is 10.2 Å². The van der Waals surface area contributed by atoms with Gasteiger partial charge in [0.1, 0.15) is 0 Å². The standard InChI is InChI=1S/C18H32N2/c1-6-11-16(3)20(5)15-18(4,14-19-7-2)17-12-9-8-10-13-17/h8-10,12-13,16,19H,6-7,11,14-15H2,1-5H3. The molecule has 0 aromatic heterocycles. The molecule has 0 heterocycles. The van der Waals surface area contributed by atoms with Crippen molar-refractivity contribution in [3.8, 4) is 0 Å². The Kier molecular flexibility index (Phi) is 7.25. The van der Waals surface area contributed by atoms with Crippen LogP contribution in [0.5, 0.6) is 0 Å². The van der Waals surface area contributed by atoms with E-state index in [4.69, 9.17) is 0 Å². The van der Waals surface area contributed by atoms with Crippen LogP contribution < -0.4 is 5.32 Å². The normalized spacial score (nSPS) is 16.1. The minimum absolute atomic E-state index is 0.161. The van der Waals surface area contributed by atoms with E-state index in [1.165, 1.54) is 18.4 Å². The Morgan fingerprint density at radius 3 is 2.40 bits per heavy atom. The highest BCUT2D eigenvalue weighted by Crippen LogP contribution is 2.25. The summed E-state index contributed by atoms with van der Waals surface area (Å²) in [4.78, 5) is 2.51. The Morgan fingerprint density at radius 1 is 1.20 bits per heavy atom. The van der Waals surface area contributed by atoms with Crippen LogP contribution in [0.2, 0.25) is 0 Å². The van der Waals surface area contributed by atoms with Gasteiger partial charge in [-0.2, -0.15) is 0 Å². The first-order valence-corrected chi connectivity index (χ1v) is 8.00. The summed E-state index contributed by atoms with van der Waals surface area (Å²) in [6.45, 7) is 12.3. The maximum Gasteiger partial charge on any atom is 0.0177 e. The first-order valence-electron chi connectivity index (χ1n) is 8.00. The zero-order chi connectivity index (χ0) is 15.0. The molecule has 114 valence electrons. The predicted molar refractivity (Wildman–Crippen MR) is 89.3 cm³/mol. The predicted octanol–water partition coefficient (Wildman–Crippen LogP) is 3.67. The van der Waals surface area contributed by atoms with Gasteiger partial charge >= 0.3 is 0 Å². The molecule has 1 aromatic carbocycles. The smallest absolute Gasteiger partial charge is 0.0177 e. The van der Waals surface area contributed by atoms with Crippen molar-refractivity contribution < 1.29 is 0 Å². The maximum atomic E-state index is 3.54. The van der Waals surface area contributed by atoms with E-state index in [0.717, 1.165) is 19.6 Å². The largest absolute Gasteiger partial charge is 0.316 e. The molecule has 0 aliphatic carbocycles. The van der Waals surface area contributed by atoms with Crippen LogP contribution in [-0.2, 0) is 5.41 Å². The van der Waals surface area contributed by atoms with Crippen LogP contribution in [-0.4, -0.2) is 37.6 Å². The average Bonchev–Trinajstić information content (AvgIpc) is 2.46. The van der Waals surface area contributed by atoms with E-state index in [0.29, 0.717) is 6.04 Å². The van der Waals surface area contributed by atoms with Gasteiger partial charge in [-0.15, -0.1) is 0 Å². The molecular formula is C18H32N2.